The number of fused-ring (bicyclic) bond motifs is 1. The Balaban J connectivity index is 1.51. The molecule has 0 aliphatic heterocycles. The Morgan fingerprint density at radius 2 is 1.89 bits per heavy atom. The van der Waals surface area contributed by atoms with Crippen molar-refractivity contribution in [3.63, 3.8) is 0 Å². The summed E-state index contributed by atoms with van der Waals surface area (Å²) in [5, 5.41) is 2.92. The molecular weight excluding hydrogens is 340 g/mol. The summed E-state index contributed by atoms with van der Waals surface area (Å²) in [6.45, 7) is 0. The number of para-hydroxylation sites is 2. The van der Waals surface area contributed by atoms with Gasteiger partial charge in [-0.25, -0.2) is 4.98 Å². The number of hydrogen-bond acceptors (Lipinski definition) is 4. The standard InChI is InChI=1S/C22H18N2O3/c1-26-18-9-4-6-15(12-18)13-21(25)23-17-8-5-7-16(14-17)22-24-19-10-2-3-11-20(19)27-22/h2-12,14H,13H2,1H3,(H,23,25). The van der Waals surface area contributed by atoms with E-state index in [9.17, 15) is 4.79 Å². The predicted octanol–water partition coefficient (Wildman–Crippen LogP) is 4.68. The Morgan fingerprint density at radius 1 is 1.04 bits per heavy atom. The number of aromatic nitrogens is 1. The van der Waals surface area contributed by atoms with Crippen LogP contribution in [0.1, 0.15) is 5.56 Å². The predicted molar refractivity (Wildman–Crippen MR) is 105 cm³/mol. The summed E-state index contributed by atoms with van der Waals surface area (Å²) in [5.74, 6) is 1.16. The molecule has 4 rings (SSSR count). The number of oxazole rings is 1. The van der Waals surface area contributed by atoms with Gasteiger partial charge in [0, 0.05) is 11.3 Å². The maximum atomic E-state index is 12.4. The van der Waals surface area contributed by atoms with Gasteiger partial charge in [0.15, 0.2) is 5.58 Å². The zero-order valence-electron chi connectivity index (χ0n) is 14.8. The van der Waals surface area contributed by atoms with Gasteiger partial charge in [0.2, 0.25) is 11.8 Å². The van der Waals surface area contributed by atoms with Crippen LogP contribution in [-0.4, -0.2) is 18.0 Å². The molecule has 5 nitrogen and oxygen atoms in total. The van der Waals surface area contributed by atoms with Crippen molar-refractivity contribution < 1.29 is 13.9 Å². The number of benzene rings is 3. The molecule has 0 radical (unpaired) electrons. The number of carbonyl (C=O) groups excluding carboxylic acids is 1. The number of carbonyl (C=O) groups is 1. The van der Waals surface area contributed by atoms with E-state index in [1.54, 1.807) is 7.11 Å². The van der Waals surface area contributed by atoms with Gasteiger partial charge in [-0.1, -0.05) is 30.3 Å². The molecule has 1 N–H and O–H groups in total. The number of ether oxygens (including phenoxy) is 1. The monoisotopic (exact) mass is 358 g/mol. The van der Waals surface area contributed by atoms with Gasteiger partial charge in [-0.15, -0.1) is 0 Å². The van der Waals surface area contributed by atoms with Crippen molar-refractivity contribution in [3.05, 3.63) is 78.4 Å². The minimum absolute atomic E-state index is 0.0991. The Morgan fingerprint density at radius 3 is 2.74 bits per heavy atom. The van der Waals surface area contributed by atoms with Crippen molar-refractivity contribution >= 4 is 22.7 Å². The molecule has 4 aromatic rings. The van der Waals surface area contributed by atoms with E-state index in [0.29, 0.717) is 11.6 Å². The lowest BCUT2D eigenvalue weighted by atomic mass is 10.1. The van der Waals surface area contributed by atoms with Gasteiger partial charge in [0.05, 0.1) is 13.5 Å². The van der Waals surface area contributed by atoms with E-state index < -0.39 is 0 Å². The highest BCUT2D eigenvalue weighted by Crippen LogP contribution is 2.26. The van der Waals surface area contributed by atoms with Gasteiger partial charge in [-0.2, -0.15) is 0 Å². The first-order chi connectivity index (χ1) is 13.2. The second-order valence-corrected chi connectivity index (χ2v) is 6.14. The van der Waals surface area contributed by atoms with Crippen LogP contribution in [0.3, 0.4) is 0 Å². The third kappa shape index (κ3) is 3.82. The molecule has 0 aliphatic rings. The summed E-state index contributed by atoms with van der Waals surface area (Å²) in [7, 11) is 1.61. The van der Waals surface area contributed by atoms with E-state index in [4.69, 9.17) is 9.15 Å². The van der Waals surface area contributed by atoms with Crippen molar-refractivity contribution in [1.29, 1.82) is 0 Å². The molecule has 1 aromatic heterocycles. The molecule has 0 spiro atoms. The number of hydrogen-bond donors (Lipinski definition) is 1. The molecule has 0 unspecified atom stereocenters. The van der Waals surface area contributed by atoms with E-state index >= 15 is 0 Å². The number of anilines is 1. The maximum Gasteiger partial charge on any atom is 0.228 e. The zero-order valence-corrected chi connectivity index (χ0v) is 14.8. The van der Waals surface area contributed by atoms with Crippen LogP contribution < -0.4 is 10.1 Å². The average Bonchev–Trinajstić information content (AvgIpc) is 3.12. The molecule has 27 heavy (non-hydrogen) atoms. The number of methoxy groups -OCH3 is 1. The highest BCUT2D eigenvalue weighted by atomic mass is 16.5. The fourth-order valence-electron chi connectivity index (χ4n) is 2.90. The molecule has 5 heteroatoms. The normalized spacial score (nSPS) is 10.7. The number of amides is 1. The Kier molecular flexibility index (Phi) is 4.58. The van der Waals surface area contributed by atoms with Crippen LogP contribution in [0.25, 0.3) is 22.6 Å². The van der Waals surface area contributed by atoms with Crippen molar-refractivity contribution in [1.82, 2.24) is 4.98 Å². The molecule has 0 saturated heterocycles. The second kappa shape index (κ2) is 7.33. The summed E-state index contributed by atoms with van der Waals surface area (Å²) in [6, 6.07) is 22.6. The van der Waals surface area contributed by atoms with E-state index in [2.05, 4.69) is 10.3 Å². The minimum atomic E-state index is -0.0991. The van der Waals surface area contributed by atoms with Crippen LogP contribution in [0, 0.1) is 0 Å². The second-order valence-electron chi connectivity index (χ2n) is 6.14. The van der Waals surface area contributed by atoms with Crippen molar-refractivity contribution in [2.75, 3.05) is 12.4 Å². The molecule has 0 aliphatic carbocycles. The number of nitrogens with zero attached hydrogens (tertiary/aromatic N) is 1. The third-order valence-corrected chi connectivity index (χ3v) is 4.19. The van der Waals surface area contributed by atoms with E-state index in [-0.39, 0.29) is 12.3 Å². The average molecular weight is 358 g/mol. The molecule has 134 valence electrons. The van der Waals surface area contributed by atoms with Gasteiger partial charge < -0.3 is 14.5 Å². The van der Waals surface area contributed by atoms with E-state index in [1.165, 1.54) is 0 Å². The quantitative estimate of drug-likeness (QED) is 0.562. The summed E-state index contributed by atoms with van der Waals surface area (Å²) in [5.41, 5.74) is 3.94. The van der Waals surface area contributed by atoms with Crippen LogP contribution >= 0.6 is 0 Å². The third-order valence-electron chi connectivity index (χ3n) is 4.19. The van der Waals surface area contributed by atoms with Crippen molar-refractivity contribution in [2.45, 2.75) is 6.42 Å². The maximum absolute atomic E-state index is 12.4. The van der Waals surface area contributed by atoms with Crippen LogP contribution in [0.4, 0.5) is 5.69 Å². The fourth-order valence-corrected chi connectivity index (χ4v) is 2.90. The Hall–Kier alpha value is -3.60. The first-order valence-electron chi connectivity index (χ1n) is 8.60. The summed E-state index contributed by atoms with van der Waals surface area (Å²) in [6.07, 6.45) is 0.268. The Labute approximate surface area is 156 Å². The highest BCUT2D eigenvalue weighted by Gasteiger charge is 2.10. The van der Waals surface area contributed by atoms with Crippen molar-refractivity contribution in [3.8, 4) is 17.2 Å². The van der Waals surface area contributed by atoms with Crippen LogP contribution in [0.2, 0.25) is 0 Å². The Bertz CT molecular complexity index is 1070. The van der Waals surface area contributed by atoms with Gasteiger partial charge >= 0.3 is 0 Å². The van der Waals surface area contributed by atoms with Crippen molar-refractivity contribution in [2.24, 2.45) is 0 Å². The molecule has 0 atom stereocenters. The SMILES string of the molecule is COc1cccc(CC(=O)Nc2cccc(-c3nc4ccccc4o3)c2)c1. The lowest BCUT2D eigenvalue weighted by Crippen LogP contribution is -2.14. The molecule has 1 amide bonds. The zero-order chi connectivity index (χ0) is 18.6. The largest absolute Gasteiger partial charge is 0.497 e. The first kappa shape index (κ1) is 16.8. The topological polar surface area (TPSA) is 64.4 Å². The van der Waals surface area contributed by atoms with Crippen LogP contribution in [0.15, 0.2) is 77.2 Å². The lowest BCUT2D eigenvalue weighted by Gasteiger charge is -2.07. The van der Waals surface area contributed by atoms with Gasteiger partial charge in [-0.3, -0.25) is 4.79 Å². The first-order valence-corrected chi connectivity index (χ1v) is 8.60. The van der Waals surface area contributed by atoms with E-state index in [0.717, 1.165) is 28.0 Å². The molecule has 0 fully saturated rings. The lowest BCUT2D eigenvalue weighted by molar-refractivity contribution is -0.115. The van der Waals surface area contributed by atoms with Gasteiger partial charge in [-0.05, 0) is 48.0 Å². The number of rotatable bonds is 5. The smallest absolute Gasteiger partial charge is 0.228 e. The van der Waals surface area contributed by atoms with Gasteiger partial charge in [0.1, 0.15) is 11.3 Å². The summed E-state index contributed by atoms with van der Waals surface area (Å²) in [4.78, 5) is 16.9. The minimum Gasteiger partial charge on any atom is -0.497 e. The molecular formula is C22H18N2O3. The summed E-state index contributed by atoms with van der Waals surface area (Å²) < 4.78 is 11.0. The molecule has 3 aromatic carbocycles. The summed E-state index contributed by atoms with van der Waals surface area (Å²) >= 11 is 0. The van der Waals surface area contributed by atoms with E-state index in [1.807, 2.05) is 72.8 Å². The molecule has 0 bridgehead atoms. The highest BCUT2D eigenvalue weighted by molar-refractivity contribution is 5.93. The van der Waals surface area contributed by atoms with Crippen LogP contribution in [0.5, 0.6) is 5.75 Å². The molecule has 0 saturated carbocycles. The molecule has 1 heterocycles. The van der Waals surface area contributed by atoms with Gasteiger partial charge in [0.25, 0.3) is 0 Å². The fraction of sp³-hybridized carbons (Fsp3) is 0.0909. The van der Waals surface area contributed by atoms with Crippen LogP contribution in [-0.2, 0) is 11.2 Å². The number of nitrogens with one attached hydrogen (secondary N) is 1.